The summed E-state index contributed by atoms with van der Waals surface area (Å²) in [5.41, 5.74) is 1.81. The Bertz CT molecular complexity index is 1180. The average molecular weight is 409 g/mol. The number of rotatable bonds is 7. The lowest BCUT2D eigenvalue weighted by Gasteiger charge is -2.09. The van der Waals surface area contributed by atoms with Gasteiger partial charge in [0.25, 0.3) is 10.0 Å². The predicted molar refractivity (Wildman–Crippen MR) is 103 cm³/mol. The first kappa shape index (κ1) is 19.3. The number of nitrogens with one attached hydrogen (secondary N) is 2. The fourth-order valence-corrected chi connectivity index (χ4v) is 4.35. The van der Waals surface area contributed by atoms with Crippen LogP contribution in [0.3, 0.4) is 0 Å². The third kappa shape index (κ3) is 4.46. The Kier molecular flexibility index (Phi) is 5.22. The van der Waals surface area contributed by atoms with Crippen molar-refractivity contribution in [1.82, 2.24) is 9.97 Å². The highest BCUT2D eigenvalue weighted by molar-refractivity contribution is 7.93. The molecule has 1 heterocycles. The second-order valence-corrected chi connectivity index (χ2v) is 9.39. The Morgan fingerprint density at radius 1 is 1.07 bits per heavy atom. The monoisotopic (exact) mass is 408 g/mol. The number of hydrogen-bond donors (Lipinski definition) is 3. The minimum absolute atomic E-state index is 0.192. The number of nitrogens with zero attached hydrogens (tertiary/aromatic N) is 1. The van der Waals surface area contributed by atoms with Gasteiger partial charge in [0.15, 0.2) is 0 Å². The molecule has 0 radical (unpaired) electrons. The highest BCUT2D eigenvalue weighted by Gasteiger charge is 2.18. The van der Waals surface area contributed by atoms with Crippen LogP contribution in [0.5, 0.6) is 0 Å². The molecule has 0 amide bonds. The number of aromatic amines is 1. The molecule has 1 aromatic heterocycles. The highest BCUT2D eigenvalue weighted by Crippen LogP contribution is 2.22. The van der Waals surface area contributed by atoms with Gasteiger partial charge in [-0.15, -0.1) is 0 Å². The molecule has 4 N–H and O–H groups in total. The van der Waals surface area contributed by atoms with Crippen LogP contribution in [0.1, 0.15) is 25.6 Å². The fourth-order valence-electron chi connectivity index (χ4n) is 2.62. The number of fused-ring (bicyclic) bond motifs is 1. The van der Waals surface area contributed by atoms with Gasteiger partial charge in [-0.3, -0.25) is 4.72 Å². The van der Waals surface area contributed by atoms with E-state index in [1.54, 1.807) is 18.2 Å². The summed E-state index contributed by atoms with van der Waals surface area (Å²) < 4.78 is 50.5. The number of benzene rings is 2. The number of aromatic nitrogens is 2. The molecule has 3 rings (SSSR count). The minimum atomic E-state index is -4.00. The van der Waals surface area contributed by atoms with Crippen molar-refractivity contribution in [2.24, 2.45) is 5.14 Å². The molecule has 8 nitrogen and oxygen atoms in total. The Morgan fingerprint density at radius 3 is 2.52 bits per heavy atom. The van der Waals surface area contributed by atoms with Crippen molar-refractivity contribution in [3.63, 3.8) is 0 Å². The Hall–Kier alpha value is -2.43. The van der Waals surface area contributed by atoms with Crippen molar-refractivity contribution in [2.45, 2.75) is 36.0 Å². The van der Waals surface area contributed by atoms with E-state index in [0.717, 1.165) is 42.2 Å². The lowest BCUT2D eigenvalue weighted by molar-refractivity contribution is 0.597. The molecular weight excluding hydrogens is 388 g/mol. The first-order valence-electron chi connectivity index (χ1n) is 8.33. The molecule has 27 heavy (non-hydrogen) atoms. The molecule has 0 spiro atoms. The van der Waals surface area contributed by atoms with Crippen molar-refractivity contribution in [3.05, 3.63) is 48.3 Å². The zero-order chi connectivity index (χ0) is 19.7. The van der Waals surface area contributed by atoms with Gasteiger partial charge in [-0.05, 0) is 42.8 Å². The third-order valence-electron chi connectivity index (χ3n) is 3.99. The summed E-state index contributed by atoms with van der Waals surface area (Å²) >= 11 is 0. The normalized spacial score (nSPS) is 12.4. The molecule has 0 saturated heterocycles. The van der Waals surface area contributed by atoms with Gasteiger partial charge in [0.05, 0.1) is 26.5 Å². The molecule has 2 aromatic carbocycles. The van der Waals surface area contributed by atoms with E-state index < -0.39 is 20.0 Å². The van der Waals surface area contributed by atoms with Crippen LogP contribution in [0.25, 0.3) is 11.0 Å². The quantitative estimate of drug-likeness (QED) is 0.551. The summed E-state index contributed by atoms with van der Waals surface area (Å²) in [5.74, 6) is 0.854. The maximum absolute atomic E-state index is 12.6. The van der Waals surface area contributed by atoms with Crippen LogP contribution in [0.15, 0.2) is 52.3 Å². The minimum Gasteiger partial charge on any atom is -0.342 e. The van der Waals surface area contributed by atoms with E-state index in [-0.39, 0.29) is 9.79 Å². The second kappa shape index (κ2) is 7.29. The third-order valence-corrected chi connectivity index (χ3v) is 6.28. The first-order chi connectivity index (χ1) is 12.7. The van der Waals surface area contributed by atoms with Crippen LogP contribution in [0, 0.1) is 0 Å². The standard InChI is InChI=1S/C17H20N4O4S2/c1-2-3-7-17-19-15-9-8-12(10-16(15)20-17)21-27(24,25)14-6-4-5-13(11-14)26(18,22)23/h4-6,8-11,21H,2-3,7H2,1H3,(H,19,20)(H2,18,22,23). The molecule has 0 aliphatic heterocycles. The molecule has 144 valence electrons. The maximum atomic E-state index is 12.6. The first-order valence-corrected chi connectivity index (χ1v) is 11.4. The van der Waals surface area contributed by atoms with E-state index in [0.29, 0.717) is 5.69 Å². The summed E-state index contributed by atoms with van der Waals surface area (Å²) in [6.45, 7) is 2.10. The van der Waals surface area contributed by atoms with E-state index >= 15 is 0 Å². The van der Waals surface area contributed by atoms with Crippen LogP contribution >= 0.6 is 0 Å². The highest BCUT2D eigenvalue weighted by atomic mass is 32.2. The molecule has 0 atom stereocenters. The average Bonchev–Trinajstić information content (AvgIpc) is 3.01. The second-order valence-electron chi connectivity index (χ2n) is 6.14. The number of anilines is 1. The number of hydrogen-bond acceptors (Lipinski definition) is 5. The van der Waals surface area contributed by atoms with E-state index in [1.807, 2.05) is 0 Å². The molecule has 0 unspecified atom stereocenters. The largest absolute Gasteiger partial charge is 0.342 e. The number of aryl methyl sites for hydroxylation is 1. The zero-order valence-electron chi connectivity index (χ0n) is 14.6. The molecule has 0 aliphatic carbocycles. The summed E-state index contributed by atoms with van der Waals surface area (Å²) in [6.07, 6.45) is 2.89. The predicted octanol–water partition coefficient (Wildman–Crippen LogP) is 2.35. The molecule has 0 fully saturated rings. The number of imidazole rings is 1. The smallest absolute Gasteiger partial charge is 0.261 e. The van der Waals surface area contributed by atoms with Crippen molar-refractivity contribution in [2.75, 3.05) is 4.72 Å². The van der Waals surface area contributed by atoms with Gasteiger partial charge in [0, 0.05) is 6.42 Å². The Balaban J connectivity index is 1.89. The van der Waals surface area contributed by atoms with Crippen molar-refractivity contribution >= 4 is 36.8 Å². The van der Waals surface area contributed by atoms with Crippen LogP contribution in [0.2, 0.25) is 0 Å². The lowest BCUT2D eigenvalue weighted by Crippen LogP contribution is -2.16. The van der Waals surface area contributed by atoms with Crippen molar-refractivity contribution in [1.29, 1.82) is 0 Å². The van der Waals surface area contributed by atoms with Crippen LogP contribution in [0.4, 0.5) is 5.69 Å². The van der Waals surface area contributed by atoms with Crippen LogP contribution in [-0.4, -0.2) is 26.8 Å². The molecule has 0 bridgehead atoms. The lowest BCUT2D eigenvalue weighted by atomic mass is 10.2. The van der Waals surface area contributed by atoms with Gasteiger partial charge in [-0.2, -0.15) is 0 Å². The number of nitrogens with two attached hydrogens (primary N) is 1. The van der Waals surface area contributed by atoms with Crippen LogP contribution in [-0.2, 0) is 26.5 Å². The number of unbranched alkanes of at least 4 members (excludes halogenated alkanes) is 1. The zero-order valence-corrected chi connectivity index (χ0v) is 16.3. The van der Waals surface area contributed by atoms with Gasteiger partial charge >= 0.3 is 0 Å². The summed E-state index contributed by atoms with van der Waals surface area (Å²) in [6, 6.07) is 9.87. The number of primary sulfonamides is 1. The number of H-pyrrole nitrogens is 1. The van der Waals surface area contributed by atoms with Gasteiger partial charge in [0.2, 0.25) is 10.0 Å². The van der Waals surface area contributed by atoms with Crippen LogP contribution < -0.4 is 9.86 Å². The van der Waals surface area contributed by atoms with Gasteiger partial charge in [-0.1, -0.05) is 19.4 Å². The topological polar surface area (TPSA) is 135 Å². The van der Waals surface area contributed by atoms with E-state index in [2.05, 4.69) is 21.6 Å². The molecule has 10 heteroatoms. The fraction of sp³-hybridized carbons (Fsp3) is 0.235. The van der Waals surface area contributed by atoms with E-state index in [1.165, 1.54) is 18.2 Å². The Morgan fingerprint density at radius 2 is 1.81 bits per heavy atom. The number of sulfonamides is 2. The van der Waals surface area contributed by atoms with Gasteiger partial charge < -0.3 is 4.98 Å². The Labute approximate surface area is 157 Å². The summed E-state index contributed by atoms with van der Waals surface area (Å²) in [5, 5.41) is 5.07. The molecule has 0 aliphatic rings. The SMILES string of the molecule is CCCCc1nc2ccc(NS(=O)(=O)c3cccc(S(N)(=O)=O)c3)cc2[nH]1. The molecule has 3 aromatic rings. The van der Waals surface area contributed by atoms with Gasteiger partial charge in [0.1, 0.15) is 5.82 Å². The molecular formula is C17H20N4O4S2. The van der Waals surface area contributed by atoms with E-state index in [4.69, 9.17) is 5.14 Å². The summed E-state index contributed by atoms with van der Waals surface area (Å²) in [7, 11) is -7.97. The van der Waals surface area contributed by atoms with Crippen molar-refractivity contribution < 1.29 is 16.8 Å². The van der Waals surface area contributed by atoms with Gasteiger partial charge in [-0.25, -0.2) is 27.0 Å². The van der Waals surface area contributed by atoms with Crippen molar-refractivity contribution in [3.8, 4) is 0 Å². The van der Waals surface area contributed by atoms with E-state index in [9.17, 15) is 16.8 Å². The maximum Gasteiger partial charge on any atom is 0.261 e. The molecule has 0 saturated carbocycles. The summed E-state index contributed by atoms with van der Waals surface area (Å²) in [4.78, 5) is 7.19.